The van der Waals surface area contributed by atoms with Gasteiger partial charge >= 0.3 is 0 Å². The number of hydrogen-bond acceptors (Lipinski definition) is 3. The Morgan fingerprint density at radius 3 is 3.06 bits per heavy atom. The summed E-state index contributed by atoms with van der Waals surface area (Å²) >= 11 is 6.07. The van der Waals surface area contributed by atoms with Gasteiger partial charge in [-0.25, -0.2) is 0 Å². The van der Waals surface area contributed by atoms with Gasteiger partial charge in [-0.2, -0.15) is 5.10 Å². The summed E-state index contributed by atoms with van der Waals surface area (Å²) in [4.78, 5) is 3.97. The van der Waals surface area contributed by atoms with Crippen LogP contribution in [0.15, 0.2) is 30.7 Å². The first-order valence-electron chi connectivity index (χ1n) is 6.11. The van der Waals surface area contributed by atoms with E-state index in [0.717, 1.165) is 30.8 Å². The third kappa shape index (κ3) is 3.55. The van der Waals surface area contributed by atoms with Crippen molar-refractivity contribution in [2.45, 2.75) is 26.4 Å². The molecule has 4 nitrogen and oxygen atoms in total. The van der Waals surface area contributed by atoms with Crippen LogP contribution in [0.5, 0.6) is 0 Å². The second kappa shape index (κ2) is 6.52. The van der Waals surface area contributed by atoms with Gasteiger partial charge in [0.05, 0.1) is 17.3 Å². The molecule has 5 heteroatoms. The summed E-state index contributed by atoms with van der Waals surface area (Å²) < 4.78 is 1.89. The zero-order chi connectivity index (χ0) is 12.8. The number of aromatic nitrogens is 3. The van der Waals surface area contributed by atoms with Crippen molar-refractivity contribution in [3.63, 3.8) is 0 Å². The van der Waals surface area contributed by atoms with Crippen LogP contribution in [0, 0.1) is 0 Å². The van der Waals surface area contributed by atoms with Crippen LogP contribution in [0.25, 0.3) is 0 Å². The maximum atomic E-state index is 6.07. The SMILES string of the molecule is CCCNCc1ccn(Cc2ccncc2Cl)n1. The summed E-state index contributed by atoms with van der Waals surface area (Å²) in [6, 6.07) is 3.94. The number of nitrogens with zero attached hydrogens (tertiary/aromatic N) is 3. The van der Waals surface area contributed by atoms with Gasteiger partial charge < -0.3 is 5.32 Å². The summed E-state index contributed by atoms with van der Waals surface area (Å²) in [7, 11) is 0. The minimum absolute atomic E-state index is 0.676. The van der Waals surface area contributed by atoms with Crippen molar-refractivity contribution < 1.29 is 0 Å². The van der Waals surface area contributed by atoms with Gasteiger partial charge in [-0.05, 0) is 30.7 Å². The molecule has 2 aromatic heterocycles. The minimum Gasteiger partial charge on any atom is -0.311 e. The smallest absolute Gasteiger partial charge is 0.0762 e. The van der Waals surface area contributed by atoms with E-state index in [2.05, 4.69) is 22.3 Å². The quantitative estimate of drug-likeness (QED) is 0.815. The summed E-state index contributed by atoms with van der Waals surface area (Å²) in [6.45, 7) is 4.65. The third-order valence-corrected chi connectivity index (χ3v) is 2.96. The van der Waals surface area contributed by atoms with E-state index in [0.29, 0.717) is 11.6 Å². The molecule has 1 N–H and O–H groups in total. The molecule has 0 atom stereocenters. The Labute approximate surface area is 112 Å². The Hall–Kier alpha value is -1.39. The average Bonchev–Trinajstić information content (AvgIpc) is 2.80. The molecule has 0 saturated carbocycles. The number of rotatable bonds is 6. The van der Waals surface area contributed by atoms with Crippen LogP contribution in [0.2, 0.25) is 5.02 Å². The molecule has 0 saturated heterocycles. The predicted molar refractivity (Wildman–Crippen MR) is 72.6 cm³/mol. The third-order valence-electron chi connectivity index (χ3n) is 2.62. The molecule has 0 aromatic carbocycles. The molecule has 2 aromatic rings. The fourth-order valence-electron chi connectivity index (χ4n) is 1.69. The van der Waals surface area contributed by atoms with Crippen LogP contribution in [-0.4, -0.2) is 21.3 Å². The Kier molecular flexibility index (Phi) is 4.73. The van der Waals surface area contributed by atoms with Gasteiger partial charge in [-0.1, -0.05) is 18.5 Å². The second-order valence-electron chi connectivity index (χ2n) is 4.15. The molecule has 0 radical (unpaired) electrons. The lowest BCUT2D eigenvalue weighted by Crippen LogP contribution is -2.14. The number of nitrogens with one attached hydrogen (secondary N) is 1. The first-order chi connectivity index (χ1) is 8.79. The van der Waals surface area contributed by atoms with Crippen LogP contribution < -0.4 is 5.32 Å². The van der Waals surface area contributed by atoms with Crippen LogP contribution in [0.4, 0.5) is 0 Å². The topological polar surface area (TPSA) is 42.7 Å². The van der Waals surface area contributed by atoms with Gasteiger partial charge in [0.1, 0.15) is 0 Å². The van der Waals surface area contributed by atoms with Gasteiger partial charge in [-0.3, -0.25) is 9.67 Å². The van der Waals surface area contributed by atoms with Crippen LogP contribution in [-0.2, 0) is 13.1 Å². The van der Waals surface area contributed by atoms with Crippen LogP contribution >= 0.6 is 11.6 Å². The Morgan fingerprint density at radius 2 is 2.28 bits per heavy atom. The van der Waals surface area contributed by atoms with Crippen molar-refractivity contribution in [3.05, 3.63) is 47.0 Å². The van der Waals surface area contributed by atoms with Crippen molar-refractivity contribution in [2.24, 2.45) is 0 Å². The van der Waals surface area contributed by atoms with E-state index in [1.165, 1.54) is 0 Å². The lowest BCUT2D eigenvalue weighted by atomic mass is 10.3. The van der Waals surface area contributed by atoms with E-state index < -0.39 is 0 Å². The van der Waals surface area contributed by atoms with Gasteiger partial charge in [0.25, 0.3) is 0 Å². The molecule has 0 spiro atoms. The maximum Gasteiger partial charge on any atom is 0.0762 e. The molecule has 0 bridgehead atoms. The highest BCUT2D eigenvalue weighted by molar-refractivity contribution is 6.31. The molecule has 0 amide bonds. The largest absolute Gasteiger partial charge is 0.311 e. The van der Waals surface area contributed by atoms with E-state index in [1.807, 2.05) is 23.0 Å². The van der Waals surface area contributed by atoms with Crippen molar-refractivity contribution in [3.8, 4) is 0 Å². The van der Waals surface area contributed by atoms with Gasteiger partial charge in [0, 0.05) is 25.1 Å². The standard InChI is InChI=1S/C13H17ClN4/c1-2-5-15-8-12-4-7-18(17-12)10-11-3-6-16-9-13(11)14/h3-4,6-7,9,15H,2,5,8,10H2,1H3. The molecule has 2 rings (SSSR count). The average molecular weight is 265 g/mol. The predicted octanol–water partition coefficient (Wildman–Crippen LogP) is 2.48. The molecule has 0 aliphatic carbocycles. The second-order valence-corrected chi connectivity index (χ2v) is 4.56. The highest BCUT2D eigenvalue weighted by atomic mass is 35.5. The first-order valence-corrected chi connectivity index (χ1v) is 6.49. The van der Waals surface area contributed by atoms with Gasteiger partial charge in [-0.15, -0.1) is 0 Å². The molecule has 96 valence electrons. The first kappa shape index (κ1) is 13.1. The van der Waals surface area contributed by atoms with Crippen molar-refractivity contribution in [2.75, 3.05) is 6.54 Å². The van der Waals surface area contributed by atoms with Gasteiger partial charge in [0.15, 0.2) is 0 Å². The normalized spacial score (nSPS) is 10.8. The van der Waals surface area contributed by atoms with E-state index in [-0.39, 0.29) is 0 Å². The highest BCUT2D eigenvalue weighted by Crippen LogP contribution is 2.14. The lowest BCUT2D eigenvalue weighted by molar-refractivity contribution is 0.628. The summed E-state index contributed by atoms with van der Waals surface area (Å²) in [5.41, 5.74) is 2.08. The van der Waals surface area contributed by atoms with Crippen molar-refractivity contribution >= 4 is 11.6 Å². The molecule has 18 heavy (non-hydrogen) atoms. The van der Waals surface area contributed by atoms with Crippen LogP contribution in [0.3, 0.4) is 0 Å². The molecular formula is C13H17ClN4. The Morgan fingerprint density at radius 1 is 1.39 bits per heavy atom. The zero-order valence-corrected chi connectivity index (χ0v) is 11.2. The Bertz CT molecular complexity index is 495. The summed E-state index contributed by atoms with van der Waals surface area (Å²) in [6.07, 6.45) is 6.51. The lowest BCUT2D eigenvalue weighted by Gasteiger charge is -2.04. The number of hydrogen-bond donors (Lipinski definition) is 1. The Balaban J connectivity index is 1.96. The van der Waals surface area contributed by atoms with E-state index in [1.54, 1.807) is 12.4 Å². The monoisotopic (exact) mass is 264 g/mol. The molecular weight excluding hydrogens is 248 g/mol. The van der Waals surface area contributed by atoms with Crippen molar-refractivity contribution in [1.29, 1.82) is 0 Å². The summed E-state index contributed by atoms with van der Waals surface area (Å²) in [5.74, 6) is 0. The fraction of sp³-hybridized carbons (Fsp3) is 0.385. The van der Waals surface area contributed by atoms with E-state index in [4.69, 9.17) is 11.6 Å². The molecule has 0 aliphatic heterocycles. The summed E-state index contributed by atoms with van der Waals surface area (Å²) in [5, 5.41) is 8.50. The highest BCUT2D eigenvalue weighted by Gasteiger charge is 2.03. The molecule has 0 unspecified atom stereocenters. The fourth-order valence-corrected chi connectivity index (χ4v) is 1.87. The molecule has 2 heterocycles. The number of halogens is 1. The van der Waals surface area contributed by atoms with E-state index >= 15 is 0 Å². The maximum absolute atomic E-state index is 6.07. The number of pyridine rings is 1. The van der Waals surface area contributed by atoms with Gasteiger partial charge in [0.2, 0.25) is 0 Å². The van der Waals surface area contributed by atoms with Crippen LogP contribution in [0.1, 0.15) is 24.6 Å². The van der Waals surface area contributed by atoms with Crippen molar-refractivity contribution in [1.82, 2.24) is 20.1 Å². The minimum atomic E-state index is 0.676. The molecule has 0 fully saturated rings. The zero-order valence-electron chi connectivity index (χ0n) is 10.4. The molecule has 0 aliphatic rings. The van der Waals surface area contributed by atoms with E-state index in [9.17, 15) is 0 Å².